The number of anilines is 1. The number of nitrogens with zero attached hydrogens (tertiary/aromatic N) is 1. The van der Waals surface area contributed by atoms with Gasteiger partial charge in [-0.3, -0.25) is 14.4 Å². The second-order valence-corrected chi connectivity index (χ2v) is 8.19. The Hall–Kier alpha value is -2.23. The molecule has 1 aromatic heterocycles. The van der Waals surface area contributed by atoms with E-state index >= 15 is 0 Å². The fourth-order valence-corrected chi connectivity index (χ4v) is 3.63. The van der Waals surface area contributed by atoms with Crippen molar-refractivity contribution in [2.75, 3.05) is 32.6 Å². The summed E-state index contributed by atoms with van der Waals surface area (Å²) in [4.78, 5) is 37.9. The van der Waals surface area contributed by atoms with Gasteiger partial charge in [-0.25, -0.2) is 0 Å². The first-order valence-electron chi connectivity index (χ1n) is 8.04. The smallest absolute Gasteiger partial charge is 0.264 e. The van der Waals surface area contributed by atoms with E-state index < -0.39 is 0 Å². The third-order valence-corrected chi connectivity index (χ3v) is 5.10. The van der Waals surface area contributed by atoms with Gasteiger partial charge in [-0.1, -0.05) is 12.1 Å². The zero-order valence-corrected chi connectivity index (χ0v) is 17.4. The minimum absolute atomic E-state index is 0.0257. The Morgan fingerprint density at radius 2 is 1.96 bits per heavy atom. The Bertz CT molecular complexity index is 824. The fourth-order valence-electron chi connectivity index (χ4n) is 2.25. The molecule has 0 atom stereocenters. The number of halogens is 1. The van der Waals surface area contributed by atoms with Crippen molar-refractivity contribution in [1.82, 2.24) is 10.2 Å². The van der Waals surface area contributed by atoms with Crippen LogP contribution in [0.15, 0.2) is 40.2 Å². The zero-order chi connectivity index (χ0) is 19.8. The second-order valence-electron chi connectivity index (χ2n) is 5.72. The SMILES string of the molecule is COCC(=O)Nc1cccc(CNC(=O)CN(C)C(=O)c2ccc(Br)s2)c1. The third-order valence-electron chi connectivity index (χ3n) is 3.49. The number of hydrogen-bond donors (Lipinski definition) is 2. The Kier molecular flexibility index (Phi) is 7.96. The molecule has 2 aromatic rings. The van der Waals surface area contributed by atoms with E-state index in [4.69, 9.17) is 4.74 Å². The Balaban J connectivity index is 1.84. The van der Waals surface area contributed by atoms with E-state index in [0.29, 0.717) is 17.1 Å². The molecule has 7 nitrogen and oxygen atoms in total. The first-order valence-corrected chi connectivity index (χ1v) is 9.65. The lowest BCUT2D eigenvalue weighted by molar-refractivity contribution is -0.122. The van der Waals surface area contributed by atoms with E-state index in [1.54, 1.807) is 37.4 Å². The van der Waals surface area contributed by atoms with E-state index in [2.05, 4.69) is 26.6 Å². The molecule has 2 N–H and O–H groups in total. The molecule has 9 heteroatoms. The lowest BCUT2D eigenvalue weighted by Crippen LogP contribution is -2.37. The van der Waals surface area contributed by atoms with E-state index in [1.165, 1.54) is 23.3 Å². The lowest BCUT2D eigenvalue weighted by atomic mass is 10.2. The summed E-state index contributed by atoms with van der Waals surface area (Å²) in [5, 5.41) is 5.48. The van der Waals surface area contributed by atoms with Crippen LogP contribution in [0, 0.1) is 0 Å². The topological polar surface area (TPSA) is 87.7 Å². The van der Waals surface area contributed by atoms with E-state index in [9.17, 15) is 14.4 Å². The number of carbonyl (C=O) groups is 3. The molecule has 0 spiro atoms. The Labute approximate surface area is 169 Å². The molecule has 0 unspecified atom stereocenters. The van der Waals surface area contributed by atoms with Crippen molar-refractivity contribution in [3.05, 3.63) is 50.6 Å². The molecule has 27 heavy (non-hydrogen) atoms. The summed E-state index contributed by atoms with van der Waals surface area (Å²) in [7, 11) is 3.03. The average Bonchev–Trinajstić information content (AvgIpc) is 3.06. The molecule has 0 aliphatic carbocycles. The standard InChI is InChI=1S/C18H20BrN3O4S/c1-22(18(25)14-6-7-15(19)27-14)10-16(23)20-9-12-4-3-5-13(8-12)21-17(24)11-26-2/h3-8H,9-11H2,1-2H3,(H,20,23)(H,21,24). The Morgan fingerprint density at radius 3 is 2.63 bits per heavy atom. The third kappa shape index (κ3) is 6.78. The molecule has 0 saturated carbocycles. The summed E-state index contributed by atoms with van der Waals surface area (Å²) in [5.41, 5.74) is 1.45. The summed E-state index contributed by atoms with van der Waals surface area (Å²) >= 11 is 4.64. The van der Waals surface area contributed by atoms with Crippen LogP contribution in [0.3, 0.4) is 0 Å². The van der Waals surface area contributed by atoms with Gasteiger partial charge in [0, 0.05) is 26.4 Å². The first kappa shape index (κ1) is 21.1. The fraction of sp³-hybridized carbons (Fsp3) is 0.278. The highest BCUT2D eigenvalue weighted by molar-refractivity contribution is 9.11. The molecule has 0 fully saturated rings. The van der Waals surface area contributed by atoms with Gasteiger partial charge in [0.15, 0.2) is 0 Å². The number of likely N-dealkylation sites (N-methyl/N-ethyl adjacent to an activating group) is 1. The summed E-state index contributed by atoms with van der Waals surface area (Å²) in [6, 6.07) is 10.7. The van der Waals surface area contributed by atoms with Crippen LogP contribution in [0.2, 0.25) is 0 Å². The summed E-state index contributed by atoms with van der Waals surface area (Å²) < 4.78 is 5.63. The van der Waals surface area contributed by atoms with Crippen molar-refractivity contribution in [2.24, 2.45) is 0 Å². The van der Waals surface area contributed by atoms with Gasteiger partial charge in [-0.2, -0.15) is 0 Å². The average molecular weight is 454 g/mol. The molecule has 1 heterocycles. The number of hydrogen-bond acceptors (Lipinski definition) is 5. The predicted octanol–water partition coefficient (Wildman–Crippen LogP) is 2.48. The molecule has 1 aromatic carbocycles. The van der Waals surface area contributed by atoms with Gasteiger partial charge >= 0.3 is 0 Å². The maximum Gasteiger partial charge on any atom is 0.264 e. The maximum absolute atomic E-state index is 12.3. The van der Waals surface area contributed by atoms with Gasteiger partial charge in [-0.15, -0.1) is 11.3 Å². The van der Waals surface area contributed by atoms with Crippen LogP contribution in [-0.4, -0.2) is 49.9 Å². The molecule has 0 radical (unpaired) electrons. The largest absolute Gasteiger partial charge is 0.375 e. The molecule has 0 bridgehead atoms. The van der Waals surface area contributed by atoms with Crippen LogP contribution < -0.4 is 10.6 Å². The highest BCUT2D eigenvalue weighted by Crippen LogP contribution is 2.22. The normalized spacial score (nSPS) is 10.3. The van der Waals surface area contributed by atoms with Crippen molar-refractivity contribution < 1.29 is 19.1 Å². The van der Waals surface area contributed by atoms with E-state index in [1.807, 2.05) is 6.07 Å². The van der Waals surface area contributed by atoms with Crippen LogP contribution in [0.4, 0.5) is 5.69 Å². The highest BCUT2D eigenvalue weighted by Gasteiger charge is 2.16. The van der Waals surface area contributed by atoms with Crippen molar-refractivity contribution in [3.8, 4) is 0 Å². The van der Waals surface area contributed by atoms with Crippen LogP contribution in [0.25, 0.3) is 0 Å². The second kappa shape index (κ2) is 10.2. The number of rotatable bonds is 8. The van der Waals surface area contributed by atoms with Gasteiger partial charge in [0.1, 0.15) is 6.61 Å². The van der Waals surface area contributed by atoms with Gasteiger partial charge < -0.3 is 20.3 Å². The summed E-state index contributed by atoms with van der Waals surface area (Å²) in [6.07, 6.45) is 0. The molecule has 0 saturated heterocycles. The number of benzene rings is 1. The van der Waals surface area contributed by atoms with E-state index in [-0.39, 0.29) is 30.9 Å². The van der Waals surface area contributed by atoms with Crippen molar-refractivity contribution in [1.29, 1.82) is 0 Å². The van der Waals surface area contributed by atoms with Crippen molar-refractivity contribution in [2.45, 2.75) is 6.54 Å². The quantitative estimate of drug-likeness (QED) is 0.642. The molecule has 144 valence electrons. The minimum Gasteiger partial charge on any atom is -0.375 e. The number of thiophene rings is 1. The zero-order valence-electron chi connectivity index (χ0n) is 15.0. The van der Waals surface area contributed by atoms with Crippen LogP contribution >= 0.6 is 27.3 Å². The van der Waals surface area contributed by atoms with Gasteiger partial charge in [0.05, 0.1) is 15.2 Å². The number of ether oxygens (including phenoxy) is 1. The first-order chi connectivity index (χ1) is 12.9. The number of amides is 3. The molecule has 2 rings (SSSR count). The summed E-state index contributed by atoms with van der Waals surface area (Å²) in [6.45, 7) is 0.222. The molecule has 0 aliphatic rings. The molecular weight excluding hydrogens is 434 g/mol. The number of carbonyl (C=O) groups excluding carboxylic acids is 3. The predicted molar refractivity (Wildman–Crippen MR) is 108 cm³/mol. The van der Waals surface area contributed by atoms with Crippen molar-refractivity contribution in [3.63, 3.8) is 0 Å². The van der Waals surface area contributed by atoms with Crippen LogP contribution in [0.1, 0.15) is 15.2 Å². The Morgan fingerprint density at radius 1 is 1.19 bits per heavy atom. The van der Waals surface area contributed by atoms with Gasteiger partial charge in [0.25, 0.3) is 5.91 Å². The maximum atomic E-state index is 12.3. The molecule has 3 amide bonds. The van der Waals surface area contributed by atoms with Crippen molar-refractivity contribution >= 4 is 50.7 Å². The van der Waals surface area contributed by atoms with E-state index in [0.717, 1.165) is 9.35 Å². The molecular formula is C18H20BrN3O4S. The van der Waals surface area contributed by atoms with Gasteiger partial charge in [0.2, 0.25) is 11.8 Å². The van der Waals surface area contributed by atoms with Gasteiger partial charge in [-0.05, 0) is 45.8 Å². The lowest BCUT2D eigenvalue weighted by Gasteiger charge is -2.16. The van der Waals surface area contributed by atoms with Crippen LogP contribution in [-0.2, 0) is 20.9 Å². The molecule has 0 aliphatic heterocycles. The minimum atomic E-state index is -0.268. The monoisotopic (exact) mass is 453 g/mol. The number of methoxy groups -OCH3 is 1. The number of nitrogens with one attached hydrogen (secondary N) is 2. The summed E-state index contributed by atoms with van der Waals surface area (Å²) in [5.74, 6) is -0.724. The highest BCUT2D eigenvalue weighted by atomic mass is 79.9. The van der Waals surface area contributed by atoms with Crippen LogP contribution in [0.5, 0.6) is 0 Å².